The van der Waals surface area contributed by atoms with Crippen molar-refractivity contribution in [2.24, 2.45) is 5.10 Å². The quantitative estimate of drug-likeness (QED) is 0.367. The molecular weight excluding hydrogens is 460 g/mol. The van der Waals surface area contributed by atoms with E-state index in [1.54, 1.807) is 80.3 Å². The number of benzene rings is 2. The first-order valence-corrected chi connectivity index (χ1v) is 11.4. The maximum Gasteiger partial charge on any atom is 0.262 e. The van der Waals surface area contributed by atoms with E-state index in [2.05, 4.69) is 15.7 Å². The average Bonchev–Trinajstić information content (AvgIpc) is 3.69. The van der Waals surface area contributed by atoms with Crippen molar-refractivity contribution in [1.29, 1.82) is 0 Å². The highest BCUT2D eigenvalue weighted by molar-refractivity contribution is 6.04. The second-order valence-electron chi connectivity index (χ2n) is 8.11. The summed E-state index contributed by atoms with van der Waals surface area (Å²) in [6.07, 6.45) is 3.64. The van der Waals surface area contributed by atoms with E-state index < -0.39 is 0 Å². The number of amides is 2. The number of carbonyl (C=O) groups excluding carboxylic acids is 2. The zero-order valence-corrected chi connectivity index (χ0v) is 19.5. The Morgan fingerprint density at radius 3 is 2.36 bits per heavy atom. The molecule has 0 bridgehead atoms. The fraction of sp³-hybridized carbons (Fsp3) is 0.148. The van der Waals surface area contributed by atoms with Crippen LogP contribution in [0.25, 0.3) is 0 Å². The predicted molar refractivity (Wildman–Crippen MR) is 134 cm³/mol. The number of nitrogens with one attached hydrogen (secondary N) is 2. The number of nitrogens with zero attached hydrogens (tertiary/aromatic N) is 2. The van der Waals surface area contributed by atoms with Gasteiger partial charge in [0.25, 0.3) is 11.8 Å². The summed E-state index contributed by atoms with van der Waals surface area (Å²) in [5, 5.41) is 11.9. The monoisotopic (exact) mass is 484 g/mol. The van der Waals surface area contributed by atoms with E-state index in [0.29, 0.717) is 46.3 Å². The van der Waals surface area contributed by atoms with Gasteiger partial charge in [-0.05, 0) is 72.8 Å². The van der Waals surface area contributed by atoms with Gasteiger partial charge in [0.2, 0.25) is 0 Å². The Morgan fingerprint density at radius 1 is 0.972 bits per heavy atom. The summed E-state index contributed by atoms with van der Waals surface area (Å²) in [7, 11) is 1.59. The Kier molecular flexibility index (Phi) is 6.53. The van der Waals surface area contributed by atoms with Crippen LogP contribution in [0.15, 0.2) is 99.3 Å². The molecule has 5 rings (SSSR count). The number of ether oxygens (including phenoxy) is 1. The summed E-state index contributed by atoms with van der Waals surface area (Å²) in [5.74, 6) is 1.53. The largest absolute Gasteiger partial charge is 0.497 e. The fourth-order valence-electron chi connectivity index (χ4n) is 3.91. The van der Waals surface area contributed by atoms with Crippen LogP contribution < -0.4 is 15.4 Å². The zero-order chi connectivity index (χ0) is 24.9. The molecule has 0 aliphatic carbocycles. The molecule has 9 heteroatoms. The van der Waals surface area contributed by atoms with Crippen LogP contribution in [0.2, 0.25) is 0 Å². The van der Waals surface area contributed by atoms with Crippen molar-refractivity contribution in [1.82, 2.24) is 5.01 Å². The molecule has 36 heavy (non-hydrogen) atoms. The van der Waals surface area contributed by atoms with Crippen LogP contribution in [0.1, 0.15) is 34.3 Å². The summed E-state index contributed by atoms with van der Waals surface area (Å²) >= 11 is 0. The topological polar surface area (TPSA) is 109 Å². The third-order valence-electron chi connectivity index (χ3n) is 5.78. The third kappa shape index (κ3) is 5.00. The van der Waals surface area contributed by atoms with Crippen LogP contribution >= 0.6 is 0 Å². The Hall–Kier alpha value is -4.79. The minimum atomic E-state index is -0.349. The lowest BCUT2D eigenvalue weighted by atomic mass is 10.1. The molecule has 0 fully saturated rings. The summed E-state index contributed by atoms with van der Waals surface area (Å²) in [4.78, 5) is 25.6. The zero-order valence-electron chi connectivity index (χ0n) is 19.5. The van der Waals surface area contributed by atoms with Gasteiger partial charge in [-0.25, -0.2) is 5.01 Å². The molecule has 2 N–H and O–H groups in total. The van der Waals surface area contributed by atoms with Gasteiger partial charge in [-0.15, -0.1) is 0 Å². The molecule has 1 atom stereocenters. The Bertz CT molecular complexity index is 1340. The molecule has 2 amide bonds. The highest BCUT2D eigenvalue weighted by Crippen LogP contribution is 2.33. The first kappa shape index (κ1) is 23.0. The van der Waals surface area contributed by atoms with Crippen molar-refractivity contribution in [2.75, 3.05) is 24.3 Å². The number of anilines is 2. The maximum atomic E-state index is 13.1. The molecule has 0 saturated heterocycles. The molecule has 2 aromatic heterocycles. The van der Waals surface area contributed by atoms with Gasteiger partial charge in [-0.3, -0.25) is 9.59 Å². The van der Waals surface area contributed by atoms with Crippen molar-refractivity contribution in [3.05, 3.63) is 102 Å². The Morgan fingerprint density at radius 2 is 1.69 bits per heavy atom. The van der Waals surface area contributed by atoms with Crippen LogP contribution in [0, 0.1) is 0 Å². The van der Waals surface area contributed by atoms with Crippen LogP contribution in [0.5, 0.6) is 5.75 Å². The number of rotatable bonds is 8. The van der Waals surface area contributed by atoms with Gasteiger partial charge in [0.05, 0.1) is 26.2 Å². The molecule has 9 nitrogen and oxygen atoms in total. The summed E-state index contributed by atoms with van der Waals surface area (Å²) < 4.78 is 16.1. The lowest BCUT2D eigenvalue weighted by molar-refractivity contribution is -0.131. The second kappa shape index (κ2) is 10.2. The highest BCUT2D eigenvalue weighted by atomic mass is 16.5. The maximum absolute atomic E-state index is 13.1. The van der Waals surface area contributed by atoms with Crippen molar-refractivity contribution in [2.45, 2.75) is 12.5 Å². The number of hydrogen-bond acceptors (Lipinski definition) is 7. The van der Waals surface area contributed by atoms with Gasteiger partial charge in [0.1, 0.15) is 29.0 Å². The van der Waals surface area contributed by atoms with Gasteiger partial charge < -0.3 is 24.2 Å². The SMILES string of the molecule is COc1ccc(NC(=O)c2ccc(NCC(=O)N3N=C(c4ccco4)CC3c3ccco3)cc2)cc1. The van der Waals surface area contributed by atoms with E-state index in [0.717, 1.165) is 0 Å². The molecule has 0 spiro atoms. The van der Waals surface area contributed by atoms with Gasteiger partial charge in [-0.1, -0.05) is 0 Å². The standard InChI is InChI=1S/C27H24N4O5/c1-34-21-12-10-20(11-13-21)29-27(33)18-6-8-19(9-7-18)28-17-26(32)31-23(25-5-3-15-36-25)16-22(30-31)24-4-2-14-35-24/h2-15,23,28H,16-17H2,1H3,(H,29,33). The molecule has 1 aliphatic heterocycles. The van der Waals surface area contributed by atoms with Crippen LogP contribution in [0.3, 0.4) is 0 Å². The van der Waals surface area contributed by atoms with Crippen molar-refractivity contribution in [3.8, 4) is 5.75 Å². The van der Waals surface area contributed by atoms with Crippen molar-refractivity contribution in [3.63, 3.8) is 0 Å². The summed E-state index contributed by atoms with van der Waals surface area (Å²) in [5.41, 5.74) is 2.54. The number of methoxy groups -OCH3 is 1. The molecule has 1 unspecified atom stereocenters. The van der Waals surface area contributed by atoms with Gasteiger partial charge >= 0.3 is 0 Å². The second-order valence-corrected chi connectivity index (χ2v) is 8.11. The summed E-state index contributed by atoms with van der Waals surface area (Å²) in [6, 6.07) is 20.9. The number of furan rings is 2. The minimum Gasteiger partial charge on any atom is -0.497 e. The van der Waals surface area contributed by atoms with Crippen LogP contribution in [-0.2, 0) is 4.79 Å². The molecule has 1 aliphatic rings. The fourth-order valence-corrected chi connectivity index (χ4v) is 3.91. The average molecular weight is 485 g/mol. The van der Waals surface area contributed by atoms with E-state index in [1.807, 2.05) is 12.1 Å². The third-order valence-corrected chi connectivity index (χ3v) is 5.78. The van der Waals surface area contributed by atoms with Gasteiger partial charge in [0, 0.05) is 23.4 Å². The summed E-state index contributed by atoms with van der Waals surface area (Å²) in [6.45, 7) is 0.0174. The predicted octanol–water partition coefficient (Wildman–Crippen LogP) is 4.92. The molecule has 0 radical (unpaired) electrons. The van der Waals surface area contributed by atoms with E-state index in [9.17, 15) is 9.59 Å². The normalized spacial score (nSPS) is 14.9. The van der Waals surface area contributed by atoms with Crippen LogP contribution in [-0.4, -0.2) is 36.2 Å². The molecule has 3 heterocycles. The van der Waals surface area contributed by atoms with Gasteiger partial charge in [0.15, 0.2) is 0 Å². The first-order chi connectivity index (χ1) is 17.6. The number of hydrazone groups is 1. The van der Waals surface area contributed by atoms with E-state index in [1.165, 1.54) is 5.01 Å². The lowest BCUT2D eigenvalue weighted by Gasteiger charge is -2.20. The highest BCUT2D eigenvalue weighted by Gasteiger charge is 2.35. The minimum absolute atomic E-state index is 0.0174. The Balaban J connectivity index is 1.21. The number of carbonyl (C=O) groups is 2. The molecule has 0 saturated carbocycles. The molecular formula is C27H24N4O5. The molecule has 182 valence electrons. The molecule has 2 aromatic carbocycles. The van der Waals surface area contributed by atoms with Crippen molar-refractivity contribution < 1.29 is 23.2 Å². The van der Waals surface area contributed by atoms with E-state index in [4.69, 9.17) is 13.6 Å². The lowest BCUT2D eigenvalue weighted by Crippen LogP contribution is -2.32. The van der Waals surface area contributed by atoms with E-state index in [-0.39, 0.29) is 24.4 Å². The number of hydrogen-bond donors (Lipinski definition) is 2. The van der Waals surface area contributed by atoms with Crippen LogP contribution in [0.4, 0.5) is 11.4 Å². The molecule has 4 aromatic rings. The first-order valence-electron chi connectivity index (χ1n) is 11.4. The van der Waals surface area contributed by atoms with E-state index >= 15 is 0 Å². The van der Waals surface area contributed by atoms with Crippen molar-refractivity contribution >= 4 is 28.9 Å². The smallest absolute Gasteiger partial charge is 0.262 e. The Labute approximate surface area is 207 Å². The van der Waals surface area contributed by atoms with Gasteiger partial charge in [-0.2, -0.15) is 5.10 Å².